The molecule has 3 amide bonds. The number of benzene rings is 1. The predicted octanol–water partition coefficient (Wildman–Crippen LogP) is 1.18. The van der Waals surface area contributed by atoms with Gasteiger partial charge in [-0.05, 0) is 25.0 Å². The van der Waals surface area contributed by atoms with Gasteiger partial charge in [-0.3, -0.25) is 9.69 Å². The Morgan fingerprint density at radius 3 is 2.50 bits per heavy atom. The number of aliphatic carboxylic acids is 1. The fourth-order valence-electron chi connectivity index (χ4n) is 2.90. The molecule has 3 rings (SSSR count). The molecule has 0 aromatic heterocycles. The van der Waals surface area contributed by atoms with Crippen LogP contribution in [0.2, 0.25) is 0 Å². The first-order chi connectivity index (χ1) is 9.59. The molecule has 2 aliphatic heterocycles. The quantitative estimate of drug-likeness (QED) is 0.878. The van der Waals surface area contributed by atoms with E-state index in [1.165, 1.54) is 9.80 Å². The molecule has 0 aliphatic carbocycles. The minimum absolute atomic E-state index is 0.217. The van der Waals surface area contributed by atoms with Crippen molar-refractivity contribution in [1.82, 2.24) is 9.80 Å². The zero-order valence-electron chi connectivity index (χ0n) is 10.7. The topological polar surface area (TPSA) is 77.9 Å². The lowest BCUT2D eigenvalue weighted by Crippen LogP contribution is -2.45. The Hall–Kier alpha value is -2.37. The van der Waals surface area contributed by atoms with E-state index in [9.17, 15) is 14.4 Å². The Balaban J connectivity index is 1.88. The Morgan fingerprint density at radius 2 is 1.85 bits per heavy atom. The van der Waals surface area contributed by atoms with Gasteiger partial charge in [-0.1, -0.05) is 18.2 Å². The highest BCUT2D eigenvalue weighted by atomic mass is 16.4. The first-order valence-electron chi connectivity index (χ1n) is 6.51. The van der Waals surface area contributed by atoms with E-state index < -0.39 is 18.0 Å². The molecule has 2 saturated heterocycles. The fourth-order valence-corrected chi connectivity index (χ4v) is 2.90. The molecule has 1 aromatic carbocycles. The molecule has 0 spiro atoms. The molecule has 1 N–H and O–H groups in total. The lowest BCUT2D eigenvalue weighted by molar-refractivity contribution is -0.142. The van der Waals surface area contributed by atoms with Crippen molar-refractivity contribution in [3.63, 3.8) is 0 Å². The molecule has 2 fully saturated rings. The molecule has 2 heterocycles. The Kier molecular flexibility index (Phi) is 2.93. The summed E-state index contributed by atoms with van der Waals surface area (Å²) in [4.78, 5) is 38.3. The fraction of sp³-hybridized carbons (Fsp3) is 0.357. The molecule has 2 aliphatic rings. The lowest BCUT2D eigenvalue weighted by atomic mass is 10.0. The smallest absolute Gasteiger partial charge is 0.328 e. The number of nitrogens with zero attached hydrogens (tertiary/aromatic N) is 2. The summed E-state index contributed by atoms with van der Waals surface area (Å²) in [5.41, 5.74) is 0.446. The average Bonchev–Trinajstić information content (AvgIpc) is 2.71. The van der Waals surface area contributed by atoms with Gasteiger partial charge in [0.1, 0.15) is 6.04 Å². The number of piperidine rings is 1. The van der Waals surface area contributed by atoms with Crippen LogP contribution in [-0.4, -0.2) is 51.4 Å². The van der Waals surface area contributed by atoms with Crippen LogP contribution < -0.4 is 0 Å². The summed E-state index contributed by atoms with van der Waals surface area (Å²) in [6, 6.07) is 7.06. The molecule has 2 bridgehead atoms. The van der Waals surface area contributed by atoms with Crippen LogP contribution in [0.25, 0.3) is 0 Å². The third-order valence-corrected chi connectivity index (χ3v) is 3.90. The number of carboxylic acid groups (broad SMARTS) is 1. The number of urea groups is 1. The van der Waals surface area contributed by atoms with Gasteiger partial charge in [0, 0.05) is 12.1 Å². The summed E-state index contributed by atoms with van der Waals surface area (Å²) >= 11 is 0. The Bertz CT molecular complexity index is 572. The van der Waals surface area contributed by atoms with E-state index in [1.807, 2.05) is 0 Å². The van der Waals surface area contributed by atoms with Crippen LogP contribution in [0.1, 0.15) is 23.2 Å². The van der Waals surface area contributed by atoms with Crippen LogP contribution in [0, 0.1) is 0 Å². The lowest BCUT2D eigenvalue weighted by Gasteiger charge is -2.27. The van der Waals surface area contributed by atoms with E-state index in [0.717, 1.165) is 0 Å². The molecule has 20 heavy (non-hydrogen) atoms. The monoisotopic (exact) mass is 274 g/mol. The van der Waals surface area contributed by atoms with E-state index in [4.69, 9.17) is 5.11 Å². The Labute approximate surface area is 115 Å². The third kappa shape index (κ3) is 1.84. The standard InChI is InChI=1S/C14H14N2O4/c17-12(9-4-2-1-3-5-9)16-10-6-7-11(13(18)19)15(8-10)14(16)20/h1-5,10-11H,6-8H2,(H,18,19)/t10-,11?/m1/s1. The number of hydrogen-bond donors (Lipinski definition) is 1. The second kappa shape index (κ2) is 4.63. The minimum atomic E-state index is -1.01. The molecule has 6 heteroatoms. The summed E-state index contributed by atoms with van der Waals surface area (Å²) < 4.78 is 0. The van der Waals surface area contributed by atoms with E-state index in [2.05, 4.69) is 0 Å². The molecule has 1 aromatic rings. The highest BCUT2D eigenvalue weighted by Gasteiger charge is 2.49. The van der Waals surface area contributed by atoms with Gasteiger partial charge in [0.05, 0.1) is 6.04 Å². The number of carbonyl (C=O) groups excluding carboxylic acids is 2. The number of rotatable bonds is 2. The van der Waals surface area contributed by atoms with Gasteiger partial charge in [0.2, 0.25) is 0 Å². The summed E-state index contributed by atoms with van der Waals surface area (Å²) in [7, 11) is 0. The molecular weight excluding hydrogens is 260 g/mol. The van der Waals surface area contributed by atoms with Crippen LogP contribution in [0.4, 0.5) is 4.79 Å². The van der Waals surface area contributed by atoms with E-state index >= 15 is 0 Å². The molecule has 104 valence electrons. The number of hydrogen-bond acceptors (Lipinski definition) is 3. The van der Waals surface area contributed by atoms with Gasteiger partial charge in [-0.15, -0.1) is 0 Å². The van der Waals surface area contributed by atoms with Gasteiger partial charge in [-0.25, -0.2) is 9.59 Å². The van der Waals surface area contributed by atoms with Crippen LogP contribution in [-0.2, 0) is 4.79 Å². The summed E-state index contributed by atoms with van der Waals surface area (Å²) in [6.45, 7) is 0.314. The SMILES string of the molecule is O=C(O)C1CC[C@@H]2CN1C(=O)N2C(=O)c1ccccc1. The van der Waals surface area contributed by atoms with Crippen molar-refractivity contribution in [2.45, 2.75) is 24.9 Å². The first-order valence-corrected chi connectivity index (χ1v) is 6.51. The van der Waals surface area contributed by atoms with Gasteiger partial charge in [0.15, 0.2) is 0 Å². The van der Waals surface area contributed by atoms with Crippen molar-refractivity contribution < 1.29 is 19.5 Å². The normalized spacial score (nSPS) is 24.9. The maximum absolute atomic E-state index is 12.4. The number of carboxylic acids is 1. The summed E-state index contributed by atoms with van der Waals surface area (Å²) in [6.07, 6.45) is 0.933. The largest absolute Gasteiger partial charge is 0.480 e. The van der Waals surface area contributed by atoms with Crippen LogP contribution in [0.3, 0.4) is 0 Å². The second-order valence-electron chi connectivity index (χ2n) is 5.06. The molecule has 0 saturated carbocycles. The molecule has 1 unspecified atom stereocenters. The highest BCUT2D eigenvalue weighted by molar-refractivity contribution is 6.06. The molecule has 2 atom stereocenters. The second-order valence-corrected chi connectivity index (χ2v) is 5.06. The van der Waals surface area contributed by atoms with E-state index in [-0.39, 0.29) is 11.9 Å². The van der Waals surface area contributed by atoms with Crippen molar-refractivity contribution in [2.24, 2.45) is 0 Å². The van der Waals surface area contributed by atoms with Gasteiger partial charge < -0.3 is 10.0 Å². The maximum atomic E-state index is 12.4. The summed E-state index contributed by atoms with van der Waals surface area (Å²) in [5.74, 6) is -1.36. The van der Waals surface area contributed by atoms with Crippen molar-refractivity contribution in [1.29, 1.82) is 0 Å². The highest BCUT2D eigenvalue weighted by Crippen LogP contribution is 2.31. The Morgan fingerprint density at radius 1 is 1.15 bits per heavy atom. The summed E-state index contributed by atoms with van der Waals surface area (Å²) in [5, 5.41) is 9.12. The van der Waals surface area contributed by atoms with Crippen molar-refractivity contribution >= 4 is 17.9 Å². The van der Waals surface area contributed by atoms with Crippen molar-refractivity contribution in [3.8, 4) is 0 Å². The van der Waals surface area contributed by atoms with Crippen molar-refractivity contribution in [2.75, 3.05) is 6.54 Å². The first kappa shape index (κ1) is 12.7. The maximum Gasteiger partial charge on any atom is 0.328 e. The predicted molar refractivity (Wildman–Crippen MR) is 69.2 cm³/mol. The third-order valence-electron chi connectivity index (χ3n) is 3.90. The average molecular weight is 274 g/mol. The number of amides is 3. The van der Waals surface area contributed by atoms with Crippen LogP contribution in [0.5, 0.6) is 0 Å². The molecule has 6 nitrogen and oxygen atoms in total. The van der Waals surface area contributed by atoms with E-state index in [1.54, 1.807) is 30.3 Å². The zero-order valence-corrected chi connectivity index (χ0v) is 10.7. The molecule has 0 radical (unpaired) electrons. The number of carbonyl (C=O) groups is 3. The number of fused-ring (bicyclic) bond motifs is 2. The zero-order chi connectivity index (χ0) is 14.3. The minimum Gasteiger partial charge on any atom is -0.480 e. The van der Waals surface area contributed by atoms with Crippen LogP contribution in [0.15, 0.2) is 30.3 Å². The molecular formula is C14H14N2O4. The number of imide groups is 1. The van der Waals surface area contributed by atoms with Crippen LogP contribution >= 0.6 is 0 Å². The van der Waals surface area contributed by atoms with Gasteiger partial charge in [-0.2, -0.15) is 0 Å². The van der Waals surface area contributed by atoms with Gasteiger partial charge >= 0.3 is 12.0 Å². The van der Waals surface area contributed by atoms with E-state index in [0.29, 0.717) is 24.9 Å². The van der Waals surface area contributed by atoms with Gasteiger partial charge in [0.25, 0.3) is 5.91 Å². The van der Waals surface area contributed by atoms with Crippen molar-refractivity contribution in [3.05, 3.63) is 35.9 Å².